The number of carbonyl (C=O) groups excluding carboxylic acids is 3. The Kier molecular flexibility index (Phi) is 5.59. The van der Waals surface area contributed by atoms with Crippen LogP contribution in [0.3, 0.4) is 0 Å². The maximum atomic E-state index is 12.7. The Morgan fingerprint density at radius 2 is 1.83 bits per heavy atom. The average Bonchev–Trinajstić information content (AvgIpc) is 2.63. The fourth-order valence-corrected chi connectivity index (χ4v) is 2.85. The lowest BCUT2D eigenvalue weighted by Gasteiger charge is -2.29. The monoisotopic (exact) mass is 396 g/mol. The van der Waals surface area contributed by atoms with Crippen LogP contribution in [0.25, 0.3) is 0 Å². The number of hydrogen-bond donors (Lipinski definition) is 1. The number of fused-ring (bicyclic) bond motifs is 1. The van der Waals surface area contributed by atoms with Gasteiger partial charge in [-0.25, -0.2) is 4.79 Å². The molecule has 1 aliphatic heterocycles. The Balaban J connectivity index is 1.81. The summed E-state index contributed by atoms with van der Waals surface area (Å²) in [5.41, 5.74) is 1.80. The molecule has 152 valence electrons. The molecule has 0 bridgehead atoms. The molecule has 7 nitrogen and oxygen atoms in total. The molecule has 2 amide bonds. The van der Waals surface area contributed by atoms with E-state index in [1.54, 1.807) is 51.1 Å². The Labute approximate surface area is 169 Å². The Bertz CT molecular complexity index is 945. The van der Waals surface area contributed by atoms with Crippen molar-refractivity contribution in [1.82, 2.24) is 0 Å². The standard InChI is InChI=1S/C22H24N2O5/c1-14-5-7-15(8-6-14)18(25)12-24-17-11-16(23-21(27)29-22(2,3)4)9-10-19(17)28-13-20(24)26/h5-11H,12-13H2,1-4H3,(H,23,27). The van der Waals surface area contributed by atoms with Crippen molar-refractivity contribution < 1.29 is 23.9 Å². The largest absolute Gasteiger partial charge is 0.482 e. The fraction of sp³-hybridized carbons (Fsp3) is 0.318. The molecule has 0 saturated heterocycles. The minimum absolute atomic E-state index is 0.117. The van der Waals surface area contributed by atoms with E-state index in [2.05, 4.69) is 5.32 Å². The molecule has 29 heavy (non-hydrogen) atoms. The van der Waals surface area contributed by atoms with Gasteiger partial charge < -0.3 is 9.47 Å². The third-order valence-electron chi connectivity index (χ3n) is 4.22. The van der Waals surface area contributed by atoms with Crippen molar-refractivity contribution in [3.63, 3.8) is 0 Å². The summed E-state index contributed by atoms with van der Waals surface area (Å²) in [6.45, 7) is 6.98. The predicted octanol–water partition coefficient (Wildman–Crippen LogP) is 3.95. The van der Waals surface area contributed by atoms with E-state index in [4.69, 9.17) is 9.47 Å². The van der Waals surface area contributed by atoms with E-state index in [0.717, 1.165) is 5.56 Å². The Morgan fingerprint density at radius 1 is 1.14 bits per heavy atom. The number of amides is 2. The summed E-state index contributed by atoms with van der Waals surface area (Å²) < 4.78 is 10.7. The lowest BCUT2D eigenvalue weighted by Crippen LogP contribution is -2.42. The van der Waals surface area contributed by atoms with Crippen molar-refractivity contribution in [2.75, 3.05) is 23.4 Å². The Hall–Kier alpha value is -3.35. The molecule has 0 radical (unpaired) electrons. The van der Waals surface area contributed by atoms with Gasteiger partial charge in [0, 0.05) is 11.3 Å². The number of rotatable bonds is 4. The van der Waals surface area contributed by atoms with Crippen LogP contribution >= 0.6 is 0 Å². The number of aryl methyl sites for hydroxylation is 1. The summed E-state index contributed by atoms with van der Waals surface area (Å²) in [5.74, 6) is -0.0415. The highest BCUT2D eigenvalue weighted by Crippen LogP contribution is 2.35. The van der Waals surface area contributed by atoms with E-state index in [0.29, 0.717) is 22.7 Å². The molecular formula is C22H24N2O5. The van der Waals surface area contributed by atoms with E-state index in [1.807, 2.05) is 19.1 Å². The summed E-state index contributed by atoms with van der Waals surface area (Å²) in [6.07, 6.45) is -0.609. The third-order valence-corrected chi connectivity index (χ3v) is 4.22. The molecule has 1 heterocycles. The Morgan fingerprint density at radius 3 is 2.48 bits per heavy atom. The molecular weight excluding hydrogens is 372 g/mol. The fourth-order valence-electron chi connectivity index (χ4n) is 2.85. The number of nitrogens with zero attached hydrogens (tertiary/aromatic N) is 1. The van der Waals surface area contributed by atoms with Crippen molar-refractivity contribution in [3.05, 3.63) is 53.6 Å². The molecule has 7 heteroatoms. The molecule has 0 spiro atoms. The van der Waals surface area contributed by atoms with Crippen LogP contribution in [0.4, 0.5) is 16.2 Å². The number of Topliss-reactive ketones (excluding diaryl/α,β-unsaturated/α-hetero) is 1. The zero-order valence-corrected chi connectivity index (χ0v) is 16.9. The highest BCUT2D eigenvalue weighted by Gasteiger charge is 2.28. The van der Waals surface area contributed by atoms with Gasteiger partial charge in [0.25, 0.3) is 5.91 Å². The van der Waals surface area contributed by atoms with Crippen molar-refractivity contribution in [1.29, 1.82) is 0 Å². The van der Waals surface area contributed by atoms with Crippen LogP contribution in [0.2, 0.25) is 0 Å². The van der Waals surface area contributed by atoms with E-state index in [9.17, 15) is 14.4 Å². The number of anilines is 2. The maximum Gasteiger partial charge on any atom is 0.412 e. The van der Waals surface area contributed by atoms with Gasteiger partial charge in [0.05, 0.1) is 12.2 Å². The first-order valence-electron chi connectivity index (χ1n) is 9.29. The molecule has 0 aromatic heterocycles. The highest BCUT2D eigenvalue weighted by molar-refractivity contribution is 6.07. The van der Waals surface area contributed by atoms with Crippen LogP contribution in [0.1, 0.15) is 36.7 Å². The van der Waals surface area contributed by atoms with Crippen LogP contribution in [-0.4, -0.2) is 36.5 Å². The van der Waals surface area contributed by atoms with Gasteiger partial charge >= 0.3 is 6.09 Å². The van der Waals surface area contributed by atoms with Gasteiger partial charge in [-0.2, -0.15) is 0 Å². The number of nitrogens with one attached hydrogen (secondary N) is 1. The SMILES string of the molecule is Cc1ccc(C(=O)CN2C(=O)COc3ccc(NC(=O)OC(C)(C)C)cc32)cc1. The number of benzene rings is 2. The second kappa shape index (κ2) is 7.95. The van der Waals surface area contributed by atoms with Gasteiger partial charge in [0.15, 0.2) is 12.4 Å². The molecule has 1 aliphatic rings. The van der Waals surface area contributed by atoms with Crippen molar-refractivity contribution in [3.8, 4) is 5.75 Å². The summed E-state index contributed by atoms with van der Waals surface area (Å²) in [5, 5.41) is 2.64. The average molecular weight is 396 g/mol. The molecule has 0 aliphatic carbocycles. The second-order valence-corrected chi connectivity index (χ2v) is 7.87. The predicted molar refractivity (Wildman–Crippen MR) is 110 cm³/mol. The number of carbonyl (C=O) groups is 3. The van der Waals surface area contributed by atoms with Gasteiger partial charge in [-0.3, -0.25) is 19.8 Å². The number of ketones is 1. The zero-order chi connectivity index (χ0) is 21.2. The molecule has 1 N–H and O–H groups in total. The minimum atomic E-state index is -0.635. The maximum absolute atomic E-state index is 12.7. The number of hydrogen-bond acceptors (Lipinski definition) is 5. The van der Waals surface area contributed by atoms with Gasteiger partial charge in [0.2, 0.25) is 0 Å². The van der Waals surface area contributed by atoms with Gasteiger partial charge in [0.1, 0.15) is 11.4 Å². The smallest absolute Gasteiger partial charge is 0.412 e. The quantitative estimate of drug-likeness (QED) is 0.791. The molecule has 0 atom stereocenters. The minimum Gasteiger partial charge on any atom is -0.482 e. The van der Waals surface area contributed by atoms with Crippen LogP contribution in [0.5, 0.6) is 5.75 Å². The van der Waals surface area contributed by atoms with Crippen LogP contribution in [0, 0.1) is 6.92 Å². The summed E-state index contributed by atoms with van der Waals surface area (Å²) in [4.78, 5) is 38.5. The first-order valence-corrected chi connectivity index (χ1v) is 9.29. The highest BCUT2D eigenvalue weighted by atomic mass is 16.6. The second-order valence-electron chi connectivity index (χ2n) is 7.87. The van der Waals surface area contributed by atoms with Gasteiger partial charge in [-0.1, -0.05) is 29.8 Å². The molecule has 2 aromatic carbocycles. The molecule has 0 fully saturated rings. The lowest BCUT2D eigenvalue weighted by atomic mass is 10.1. The van der Waals surface area contributed by atoms with Gasteiger partial charge in [-0.15, -0.1) is 0 Å². The third kappa shape index (κ3) is 5.13. The molecule has 0 unspecified atom stereocenters. The van der Waals surface area contributed by atoms with Crippen LogP contribution < -0.4 is 15.0 Å². The van der Waals surface area contributed by atoms with Crippen molar-refractivity contribution >= 4 is 29.2 Å². The summed E-state index contributed by atoms with van der Waals surface area (Å²) in [7, 11) is 0. The van der Waals surface area contributed by atoms with E-state index in [-0.39, 0.29) is 24.8 Å². The molecule has 0 saturated carbocycles. The van der Waals surface area contributed by atoms with E-state index < -0.39 is 11.7 Å². The number of ether oxygens (including phenoxy) is 2. The lowest BCUT2D eigenvalue weighted by molar-refractivity contribution is -0.121. The summed E-state index contributed by atoms with van der Waals surface area (Å²) in [6, 6.07) is 12.1. The van der Waals surface area contributed by atoms with Crippen LogP contribution in [-0.2, 0) is 9.53 Å². The van der Waals surface area contributed by atoms with E-state index in [1.165, 1.54) is 4.90 Å². The molecule has 2 aromatic rings. The molecule has 3 rings (SSSR count). The first-order chi connectivity index (χ1) is 13.6. The topological polar surface area (TPSA) is 84.9 Å². The normalized spacial score (nSPS) is 13.4. The summed E-state index contributed by atoms with van der Waals surface area (Å²) >= 11 is 0. The zero-order valence-electron chi connectivity index (χ0n) is 16.9. The van der Waals surface area contributed by atoms with Crippen molar-refractivity contribution in [2.24, 2.45) is 0 Å². The van der Waals surface area contributed by atoms with E-state index >= 15 is 0 Å². The van der Waals surface area contributed by atoms with Gasteiger partial charge in [-0.05, 0) is 45.9 Å². The first kappa shape index (κ1) is 20.4. The van der Waals surface area contributed by atoms with Crippen molar-refractivity contribution in [2.45, 2.75) is 33.3 Å². The van der Waals surface area contributed by atoms with Crippen LogP contribution in [0.15, 0.2) is 42.5 Å².